The summed E-state index contributed by atoms with van der Waals surface area (Å²) in [5.41, 5.74) is 2.22. The summed E-state index contributed by atoms with van der Waals surface area (Å²) in [5, 5.41) is 3.79. The van der Waals surface area contributed by atoms with Crippen LogP contribution in [0.2, 0.25) is 5.02 Å². The molecule has 0 saturated heterocycles. The lowest BCUT2D eigenvalue weighted by atomic mass is 10.0. The van der Waals surface area contributed by atoms with Gasteiger partial charge >= 0.3 is 0 Å². The van der Waals surface area contributed by atoms with Crippen molar-refractivity contribution in [2.45, 2.75) is 70.5 Å². The minimum atomic E-state index is -3.66. The summed E-state index contributed by atoms with van der Waals surface area (Å²) >= 11 is 6.14. The second kappa shape index (κ2) is 16.0. The molecule has 4 rings (SSSR count). The van der Waals surface area contributed by atoms with Crippen molar-refractivity contribution < 1.29 is 22.7 Å². The Labute approximate surface area is 266 Å². The molecule has 0 radical (unpaired) electrons. The van der Waals surface area contributed by atoms with Crippen LogP contribution in [0.1, 0.15) is 56.6 Å². The third-order valence-electron chi connectivity index (χ3n) is 7.82. The first-order valence-electron chi connectivity index (χ1n) is 15.2. The van der Waals surface area contributed by atoms with Gasteiger partial charge in [-0.25, -0.2) is 8.42 Å². The van der Waals surface area contributed by atoms with E-state index in [2.05, 4.69) is 5.32 Å². The molecule has 0 spiro atoms. The maximum Gasteiger partial charge on any atom is 0.243 e. The number of nitrogens with zero attached hydrogens (tertiary/aromatic N) is 2. The highest BCUT2D eigenvalue weighted by atomic mass is 35.5. The van der Waals surface area contributed by atoms with Crippen LogP contribution in [-0.2, 0) is 32.6 Å². The van der Waals surface area contributed by atoms with Crippen LogP contribution in [0.5, 0.6) is 5.75 Å². The molecule has 1 aliphatic rings. The molecule has 1 saturated carbocycles. The minimum absolute atomic E-state index is 0.0540. The number of sulfonamides is 1. The molecule has 44 heavy (non-hydrogen) atoms. The van der Waals surface area contributed by atoms with Crippen molar-refractivity contribution in [1.29, 1.82) is 0 Å². The summed E-state index contributed by atoms with van der Waals surface area (Å²) in [6.45, 7) is 2.53. The lowest BCUT2D eigenvalue weighted by Crippen LogP contribution is -2.52. The number of benzene rings is 3. The molecule has 2 amide bonds. The van der Waals surface area contributed by atoms with Crippen LogP contribution in [-0.4, -0.2) is 56.6 Å². The molecule has 3 aromatic rings. The zero-order valence-electron chi connectivity index (χ0n) is 25.5. The Kier molecular flexibility index (Phi) is 12.1. The van der Waals surface area contributed by atoms with Crippen LogP contribution in [0.3, 0.4) is 0 Å². The molecule has 1 N–H and O–H groups in total. The summed E-state index contributed by atoms with van der Waals surface area (Å²) in [6, 6.07) is 23.3. The van der Waals surface area contributed by atoms with Gasteiger partial charge in [-0.3, -0.25) is 13.9 Å². The van der Waals surface area contributed by atoms with Crippen molar-refractivity contribution >= 4 is 39.1 Å². The molecule has 1 atom stereocenters. The Bertz CT molecular complexity index is 1480. The number of amides is 2. The van der Waals surface area contributed by atoms with E-state index in [0.717, 1.165) is 43.1 Å². The van der Waals surface area contributed by atoms with Gasteiger partial charge in [0.1, 0.15) is 11.8 Å². The normalized spacial score (nSPS) is 14.2. The first-order valence-corrected chi connectivity index (χ1v) is 17.5. The molecule has 0 aromatic heterocycles. The highest BCUT2D eigenvalue weighted by Gasteiger charge is 2.32. The van der Waals surface area contributed by atoms with Crippen molar-refractivity contribution in [2.24, 2.45) is 0 Å². The van der Waals surface area contributed by atoms with Gasteiger partial charge in [0.05, 0.1) is 18.6 Å². The molecule has 0 heterocycles. The van der Waals surface area contributed by atoms with E-state index in [1.807, 2.05) is 49.4 Å². The van der Waals surface area contributed by atoms with Crippen LogP contribution in [0.25, 0.3) is 0 Å². The lowest BCUT2D eigenvalue weighted by Gasteiger charge is -2.33. The number of halogens is 1. The number of carbonyl (C=O) groups excluding carboxylic acids is 2. The Balaban J connectivity index is 1.59. The zero-order valence-corrected chi connectivity index (χ0v) is 27.0. The Morgan fingerprint density at radius 2 is 1.61 bits per heavy atom. The van der Waals surface area contributed by atoms with Gasteiger partial charge in [-0.1, -0.05) is 79.0 Å². The van der Waals surface area contributed by atoms with Gasteiger partial charge in [0, 0.05) is 37.0 Å². The predicted molar refractivity (Wildman–Crippen MR) is 175 cm³/mol. The molecule has 3 aromatic carbocycles. The Hall–Kier alpha value is -3.56. The molecule has 0 aliphatic heterocycles. The third kappa shape index (κ3) is 9.47. The highest BCUT2D eigenvalue weighted by molar-refractivity contribution is 7.92. The fourth-order valence-electron chi connectivity index (χ4n) is 5.63. The van der Waals surface area contributed by atoms with E-state index in [-0.39, 0.29) is 43.8 Å². The van der Waals surface area contributed by atoms with Crippen LogP contribution in [0.4, 0.5) is 5.69 Å². The van der Waals surface area contributed by atoms with Crippen molar-refractivity contribution in [1.82, 2.24) is 10.2 Å². The van der Waals surface area contributed by atoms with Crippen molar-refractivity contribution in [3.8, 4) is 5.75 Å². The van der Waals surface area contributed by atoms with E-state index in [1.54, 1.807) is 41.3 Å². The standard InChI is InChI=1S/C34H42ClN3O5S/c1-3-43-32-17-10-9-16-30(32)38(44(2,41)42)23-11-18-33(39)37(25-27-19-21-28(35)22-20-27)31(24-26-12-5-4-6-13-26)34(40)36-29-14-7-8-15-29/h4-6,9-10,12-13,16-17,19-22,29,31H,3,7-8,11,14-15,18,23-25H2,1-2H3,(H,36,40)/t31-/m1/s1. The van der Waals surface area contributed by atoms with Crippen LogP contribution >= 0.6 is 11.6 Å². The molecular weight excluding hydrogens is 598 g/mol. The van der Waals surface area contributed by atoms with E-state index in [9.17, 15) is 18.0 Å². The van der Waals surface area contributed by atoms with Gasteiger partial charge in [0.15, 0.2) is 0 Å². The zero-order chi connectivity index (χ0) is 31.5. The average Bonchev–Trinajstić information content (AvgIpc) is 3.51. The van der Waals surface area contributed by atoms with E-state index in [0.29, 0.717) is 29.5 Å². The molecule has 10 heteroatoms. The fourth-order valence-corrected chi connectivity index (χ4v) is 6.73. The summed E-state index contributed by atoms with van der Waals surface area (Å²) < 4.78 is 32.7. The molecule has 0 bridgehead atoms. The number of para-hydroxylation sites is 2. The quantitative estimate of drug-likeness (QED) is 0.221. The molecular formula is C34H42ClN3O5S. The second-order valence-corrected chi connectivity index (χ2v) is 13.5. The Morgan fingerprint density at radius 1 is 0.955 bits per heavy atom. The maximum atomic E-state index is 14.1. The van der Waals surface area contributed by atoms with Gasteiger partial charge in [0.25, 0.3) is 0 Å². The van der Waals surface area contributed by atoms with Crippen molar-refractivity contribution in [3.05, 3.63) is 95.0 Å². The van der Waals surface area contributed by atoms with E-state index >= 15 is 0 Å². The molecule has 1 fully saturated rings. The van der Waals surface area contributed by atoms with Crippen LogP contribution < -0.4 is 14.4 Å². The molecule has 236 valence electrons. The summed E-state index contributed by atoms with van der Waals surface area (Å²) in [4.78, 5) is 29.6. The van der Waals surface area contributed by atoms with Gasteiger partial charge in [-0.05, 0) is 61.6 Å². The summed E-state index contributed by atoms with van der Waals surface area (Å²) in [6.07, 6.45) is 5.82. The van der Waals surface area contributed by atoms with E-state index in [4.69, 9.17) is 16.3 Å². The van der Waals surface area contributed by atoms with Crippen LogP contribution in [0, 0.1) is 0 Å². The number of hydrogen-bond donors (Lipinski definition) is 1. The van der Waals surface area contributed by atoms with Crippen molar-refractivity contribution in [3.63, 3.8) is 0 Å². The largest absolute Gasteiger partial charge is 0.492 e. The maximum absolute atomic E-state index is 14.1. The third-order valence-corrected chi connectivity index (χ3v) is 9.26. The number of ether oxygens (including phenoxy) is 1. The number of nitrogens with one attached hydrogen (secondary N) is 1. The fraction of sp³-hybridized carbons (Fsp3) is 0.412. The smallest absolute Gasteiger partial charge is 0.243 e. The van der Waals surface area contributed by atoms with Gasteiger partial charge in [0.2, 0.25) is 21.8 Å². The highest BCUT2D eigenvalue weighted by Crippen LogP contribution is 2.30. The first kappa shape index (κ1) is 33.3. The number of rotatable bonds is 15. The first-order chi connectivity index (χ1) is 21.2. The Morgan fingerprint density at radius 3 is 2.27 bits per heavy atom. The predicted octanol–water partition coefficient (Wildman–Crippen LogP) is 5.98. The summed E-state index contributed by atoms with van der Waals surface area (Å²) in [7, 11) is -3.66. The SMILES string of the molecule is CCOc1ccccc1N(CCCC(=O)N(Cc1ccc(Cl)cc1)[C@H](Cc1ccccc1)C(=O)NC1CCCC1)S(C)(=O)=O. The van der Waals surface area contributed by atoms with Gasteiger partial charge in [-0.15, -0.1) is 0 Å². The number of anilines is 1. The van der Waals surface area contributed by atoms with Gasteiger partial charge < -0.3 is 15.0 Å². The number of carbonyl (C=O) groups is 2. The average molecular weight is 640 g/mol. The van der Waals surface area contributed by atoms with E-state index < -0.39 is 16.1 Å². The molecule has 8 nitrogen and oxygen atoms in total. The monoisotopic (exact) mass is 639 g/mol. The lowest BCUT2D eigenvalue weighted by molar-refractivity contribution is -0.141. The summed E-state index contributed by atoms with van der Waals surface area (Å²) in [5.74, 6) is 0.0584. The molecule has 1 aliphatic carbocycles. The van der Waals surface area contributed by atoms with Crippen molar-refractivity contribution in [2.75, 3.05) is 23.7 Å². The van der Waals surface area contributed by atoms with Gasteiger partial charge in [-0.2, -0.15) is 0 Å². The second-order valence-electron chi connectivity index (χ2n) is 11.2. The van der Waals surface area contributed by atoms with Crippen LogP contribution in [0.15, 0.2) is 78.9 Å². The van der Waals surface area contributed by atoms with E-state index in [1.165, 1.54) is 4.31 Å². The molecule has 0 unspecified atom stereocenters. The number of hydrogen-bond acceptors (Lipinski definition) is 5. The minimum Gasteiger partial charge on any atom is -0.492 e. The topological polar surface area (TPSA) is 96.0 Å².